The van der Waals surface area contributed by atoms with Gasteiger partial charge in [0, 0.05) is 12.3 Å². The van der Waals surface area contributed by atoms with Crippen molar-refractivity contribution in [2.75, 3.05) is 6.54 Å². The van der Waals surface area contributed by atoms with E-state index in [1.54, 1.807) is 6.07 Å². The molecule has 0 amide bonds. The van der Waals surface area contributed by atoms with E-state index in [4.69, 9.17) is 0 Å². The van der Waals surface area contributed by atoms with Gasteiger partial charge in [-0.15, -0.1) is 0 Å². The van der Waals surface area contributed by atoms with Crippen molar-refractivity contribution in [3.63, 3.8) is 0 Å². The molecule has 2 N–H and O–H groups in total. The molecule has 0 saturated carbocycles. The van der Waals surface area contributed by atoms with Crippen LogP contribution in [0.1, 0.15) is 45.1 Å². The lowest BCUT2D eigenvalue weighted by atomic mass is 9.61. The van der Waals surface area contributed by atoms with Crippen LogP contribution in [0, 0.1) is 11.8 Å². The van der Waals surface area contributed by atoms with Gasteiger partial charge in [0.05, 0.1) is 5.54 Å². The Morgan fingerprint density at radius 2 is 2.25 bits per heavy atom. The van der Waals surface area contributed by atoms with Crippen LogP contribution in [-0.2, 0) is 5.54 Å². The van der Waals surface area contributed by atoms with E-state index in [1.165, 1.54) is 30.4 Å². The number of hydrogen-bond acceptors (Lipinski definition) is 2. The molecule has 0 radical (unpaired) electrons. The van der Waals surface area contributed by atoms with E-state index in [0.717, 1.165) is 13.0 Å². The minimum atomic E-state index is -0.0207. The molecule has 3 heteroatoms. The summed E-state index contributed by atoms with van der Waals surface area (Å²) < 4.78 is 0. The number of aromatic nitrogens is 1. The van der Waals surface area contributed by atoms with Gasteiger partial charge in [-0.2, -0.15) is 0 Å². The van der Waals surface area contributed by atoms with Gasteiger partial charge in [0.25, 0.3) is 0 Å². The van der Waals surface area contributed by atoms with Gasteiger partial charge in [-0.3, -0.25) is 4.79 Å². The zero-order chi connectivity index (χ0) is 14.2. The number of hydrogen-bond donors (Lipinski definition) is 2. The monoisotopic (exact) mass is 272 g/mol. The summed E-state index contributed by atoms with van der Waals surface area (Å²) in [6, 6.07) is 3.67. The molecule has 2 heterocycles. The van der Waals surface area contributed by atoms with Crippen LogP contribution in [0.4, 0.5) is 0 Å². The molecule has 108 valence electrons. The van der Waals surface area contributed by atoms with E-state index in [-0.39, 0.29) is 11.1 Å². The standard InChI is InChI=1S/C17H24N2O/c1-3-13-9-12(2)10-17(15(13)5-4-8-19-17)14-6-7-16(20)18-11-14/h6-7,9,11,13,15,19H,3-5,8,10H2,1-2H3,(H,18,20)/t13-,15-,17+/m1/s1. The number of allylic oxidation sites excluding steroid dienone is 1. The summed E-state index contributed by atoms with van der Waals surface area (Å²) in [5, 5.41) is 3.80. The molecule has 3 nitrogen and oxygen atoms in total. The van der Waals surface area contributed by atoms with Gasteiger partial charge in [-0.25, -0.2) is 0 Å². The zero-order valence-corrected chi connectivity index (χ0v) is 12.4. The first-order valence-electron chi connectivity index (χ1n) is 7.77. The van der Waals surface area contributed by atoms with E-state index in [1.807, 2.05) is 12.3 Å². The second-order valence-corrected chi connectivity index (χ2v) is 6.35. The van der Waals surface area contributed by atoms with Gasteiger partial charge in [-0.05, 0) is 56.6 Å². The van der Waals surface area contributed by atoms with Crippen LogP contribution in [0.2, 0.25) is 0 Å². The van der Waals surface area contributed by atoms with E-state index in [2.05, 4.69) is 30.2 Å². The van der Waals surface area contributed by atoms with Gasteiger partial charge in [0.1, 0.15) is 0 Å². The van der Waals surface area contributed by atoms with E-state index < -0.39 is 0 Å². The highest BCUT2D eigenvalue weighted by molar-refractivity contribution is 5.30. The number of H-pyrrole nitrogens is 1. The molecule has 3 rings (SSSR count). The molecule has 0 spiro atoms. The number of pyridine rings is 1. The van der Waals surface area contributed by atoms with Crippen LogP contribution < -0.4 is 10.9 Å². The summed E-state index contributed by atoms with van der Waals surface area (Å²) in [6.07, 6.45) is 9.16. The van der Waals surface area contributed by atoms with E-state index in [9.17, 15) is 4.79 Å². The molecular formula is C17H24N2O. The summed E-state index contributed by atoms with van der Waals surface area (Å²) >= 11 is 0. The third kappa shape index (κ3) is 2.14. The first-order valence-corrected chi connectivity index (χ1v) is 7.77. The predicted molar refractivity (Wildman–Crippen MR) is 81.6 cm³/mol. The fourth-order valence-electron chi connectivity index (χ4n) is 4.27. The normalized spacial score (nSPS) is 33.4. The highest BCUT2D eigenvalue weighted by atomic mass is 16.1. The van der Waals surface area contributed by atoms with Gasteiger partial charge in [-0.1, -0.05) is 24.6 Å². The molecule has 20 heavy (non-hydrogen) atoms. The lowest BCUT2D eigenvalue weighted by Gasteiger charge is -2.51. The number of fused-ring (bicyclic) bond motifs is 1. The first-order chi connectivity index (χ1) is 9.65. The minimum Gasteiger partial charge on any atom is -0.329 e. The predicted octanol–water partition coefficient (Wildman–Crippen LogP) is 2.95. The highest BCUT2D eigenvalue weighted by Crippen LogP contribution is 2.48. The molecule has 1 aliphatic carbocycles. The van der Waals surface area contributed by atoms with Crippen molar-refractivity contribution in [3.05, 3.63) is 45.9 Å². The summed E-state index contributed by atoms with van der Waals surface area (Å²) in [5.74, 6) is 1.28. The van der Waals surface area contributed by atoms with Crippen LogP contribution in [0.5, 0.6) is 0 Å². The van der Waals surface area contributed by atoms with Crippen molar-refractivity contribution in [1.29, 1.82) is 0 Å². The second-order valence-electron chi connectivity index (χ2n) is 6.35. The highest BCUT2D eigenvalue weighted by Gasteiger charge is 2.46. The minimum absolute atomic E-state index is 0.0158. The Kier molecular flexibility index (Phi) is 3.55. The average Bonchev–Trinajstić information content (AvgIpc) is 2.46. The fraction of sp³-hybridized carbons (Fsp3) is 0.588. The van der Waals surface area contributed by atoms with Crippen LogP contribution >= 0.6 is 0 Å². The maximum absolute atomic E-state index is 11.4. The maximum Gasteiger partial charge on any atom is 0.247 e. The largest absolute Gasteiger partial charge is 0.329 e. The number of aromatic amines is 1. The van der Waals surface area contributed by atoms with Crippen molar-refractivity contribution in [2.45, 2.75) is 45.1 Å². The molecule has 0 bridgehead atoms. The smallest absolute Gasteiger partial charge is 0.247 e. The lowest BCUT2D eigenvalue weighted by molar-refractivity contribution is 0.102. The van der Waals surface area contributed by atoms with Crippen LogP contribution in [0.3, 0.4) is 0 Å². The van der Waals surface area contributed by atoms with Gasteiger partial charge < -0.3 is 10.3 Å². The first kappa shape index (κ1) is 13.6. The number of piperidine rings is 1. The van der Waals surface area contributed by atoms with Gasteiger partial charge in [0.15, 0.2) is 0 Å². The Hall–Kier alpha value is -1.35. The molecule has 1 aromatic rings. The Labute approximate surface area is 120 Å². The second kappa shape index (κ2) is 5.21. The van der Waals surface area contributed by atoms with Crippen molar-refractivity contribution in [3.8, 4) is 0 Å². The molecule has 2 aliphatic rings. The number of rotatable bonds is 2. The molecule has 1 saturated heterocycles. The lowest BCUT2D eigenvalue weighted by Crippen LogP contribution is -2.55. The van der Waals surface area contributed by atoms with Crippen LogP contribution in [-0.4, -0.2) is 11.5 Å². The van der Waals surface area contributed by atoms with Gasteiger partial charge in [0.2, 0.25) is 5.56 Å². The molecule has 0 aromatic carbocycles. The average molecular weight is 272 g/mol. The fourth-order valence-corrected chi connectivity index (χ4v) is 4.27. The SMILES string of the molecule is CC[C@@H]1C=C(C)C[C@@]2(c3ccc(=O)[nH]c3)NCCC[C@H]12. The van der Waals surface area contributed by atoms with Crippen molar-refractivity contribution < 1.29 is 0 Å². The molecule has 1 fully saturated rings. The van der Waals surface area contributed by atoms with E-state index >= 15 is 0 Å². The third-order valence-corrected chi connectivity index (χ3v) is 5.11. The Bertz CT molecular complexity index is 554. The Balaban J connectivity index is 2.08. The van der Waals surface area contributed by atoms with Crippen molar-refractivity contribution in [1.82, 2.24) is 10.3 Å². The Morgan fingerprint density at radius 3 is 2.95 bits per heavy atom. The third-order valence-electron chi connectivity index (χ3n) is 5.11. The summed E-state index contributed by atoms with van der Waals surface area (Å²) in [6.45, 7) is 5.59. The van der Waals surface area contributed by atoms with Crippen LogP contribution in [0.15, 0.2) is 34.8 Å². The molecule has 1 aliphatic heterocycles. The molecule has 3 atom stereocenters. The quantitative estimate of drug-likeness (QED) is 0.813. The molecule has 0 unspecified atom stereocenters. The van der Waals surface area contributed by atoms with Crippen molar-refractivity contribution >= 4 is 0 Å². The summed E-state index contributed by atoms with van der Waals surface area (Å²) in [4.78, 5) is 14.2. The molecular weight excluding hydrogens is 248 g/mol. The number of nitrogens with one attached hydrogen (secondary N) is 2. The summed E-state index contributed by atoms with van der Waals surface area (Å²) in [5.41, 5.74) is 2.70. The summed E-state index contributed by atoms with van der Waals surface area (Å²) in [7, 11) is 0. The molecule has 1 aromatic heterocycles. The zero-order valence-electron chi connectivity index (χ0n) is 12.4. The van der Waals surface area contributed by atoms with Crippen LogP contribution in [0.25, 0.3) is 0 Å². The van der Waals surface area contributed by atoms with Gasteiger partial charge >= 0.3 is 0 Å². The topological polar surface area (TPSA) is 44.9 Å². The van der Waals surface area contributed by atoms with E-state index in [0.29, 0.717) is 11.8 Å². The van der Waals surface area contributed by atoms with Crippen molar-refractivity contribution in [2.24, 2.45) is 11.8 Å². The Morgan fingerprint density at radius 1 is 1.40 bits per heavy atom. The maximum atomic E-state index is 11.4.